The first-order valence-electron chi connectivity index (χ1n) is 7.29. The Hall–Kier alpha value is -1.80. The number of sulfonamides is 1. The number of halogens is 1. The lowest BCUT2D eigenvalue weighted by Crippen LogP contribution is -2.25. The number of hydrogen-bond donors (Lipinski definition) is 1. The summed E-state index contributed by atoms with van der Waals surface area (Å²) in [4.78, 5) is 4.35. The first-order valence-corrected chi connectivity index (χ1v) is 9.18. The molecule has 1 aromatic carbocycles. The third kappa shape index (κ3) is 3.13. The fourth-order valence-corrected chi connectivity index (χ4v) is 3.57. The summed E-state index contributed by atoms with van der Waals surface area (Å²) >= 11 is 0. The van der Waals surface area contributed by atoms with Gasteiger partial charge in [0.1, 0.15) is 5.82 Å². The van der Waals surface area contributed by atoms with Crippen molar-refractivity contribution in [2.24, 2.45) is 0 Å². The Bertz CT molecular complexity index is 843. The summed E-state index contributed by atoms with van der Waals surface area (Å²) in [7, 11) is -3.37. The van der Waals surface area contributed by atoms with Crippen LogP contribution in [-0.4, -0.2) is 24.8 Å². The number of nitrogens with zero attached hydrogens (tertiary/aromatic N) is 2. The van der Waals surface area contributed by atoms with Crippen LogP contribution in [0, 0.1) is 12.7 Å². The molecule has 1 heterocycles. The summed E-state index contributed by atoms with van der Waals surface area (Å²) in [6, 6.07) is 4.06. The molecule has 0 amide bonds. The van der Waals surface area contributed by atoms with E-state index in [0.717, 1.165) is 30.2 Å². The van der Waals surface area contributed by atoms with E-state index in [1.165, 1.54) is 12.1 Å². The molecule has 0 saturated heterocycles. The molecule has 8 heteroatoms. The van der Waals surface area contributed by atoms with Gasteiger partial charge in [-0.15, -0.1) is 0 Å². The van der Waals surface area contributed by atoms with E-state index in [0.29, 0.717) is 5.82 Å². The van der Waals surface area contributed by atoms with Crippen LogP contribution in [-0.2, 0) is 15.4 Å². The molecule has 6 nitrogen and oxygen atoms in total. The number of nitrogens with one attached hydrogen (secondary N) is 1. The Morgan fingerprint density at radius 3 is 2.70 bits per heavy atom. The Kier molecular flexibility index (Phi) is 3.76. The van der Waals surface area contributed by atoms with Crippen LogP contribution in [0.2, 0.25) is 0 Å². The molecule has 124 valence electrons. The fourth-order valence-electron chi connectivity index (χ4n) is 2.83. The van der Waals surface area contributed by atoms with E-state index in [-0.39, 0.29) is 11.7 Å². The minimum atomic E-state index is -3.37. The van der Waals surface area contributed by atoms with Gasteiger partial charge in [0.15, 0.2) is 5.82 Å². The monoisotopic (exact) mass is 339 g/mol. The third-order valence-electron chi connectivity index (χ3n) is 4.10. The van der Waals surface area contributed by atoms with Gasteiger partial charge in [-0.25, -0.2) is 17.5 Å². The van der Waals surface area contributed by atoms with Gasteiger partial charge in [0.25, 0.3) is 0 Å². The molecule has 1 unspecified atom stereocenters. The van der Waals surface area contributed by atoms with Gasteiger partial charge in [-0.1, -0.05) is 11.2 Å². The SMILES string of the molecule is Cc1ccc(F)cc1C1(c2noc(C(C)NS(C)(=O)=O)n2)CC1. The molecule has 1 aromatic heterocycles. The molecule has 0 radical (unpaired) electrons. The van der Waals surface area contributed by atoms with Crippen LogP contribution in [0.15, 0.2) is 22.7 Å². The van der Waals surface area contributed by atoms with Crippen LogP contribution in [0.4, 0.5) is 4.39 Å². The highest BCUT2D eigenvalue weighted by atomic mass is 32.2. The highest BCUT2D eigenvalue weighted by Gasteiger charge is 2.51. The topological polar surface area (TPSA) is 85.1 Å². The average molecular weight is 339 g/mol. The molecule has 1 fully saturated rings. The van der Waals surface area contributed by atoms with E-state index >= 15 is 0 Å². The summed E-state index contributed by atoms with van der Waals surface area (Å²) in [6.45, 7) is 3.55. The second kappa shape index (κ2) is 5.38. The van der Waals surface area contributed by atoms with E-state index in [4.69, 9.17) is 4.52 Å². The van der Waals surface area contributed by atoms with Crippen molar-refractivity contribution in [3.05, 3.63) is 46.9 Å². The van der Waals surface area contributed by atoms with Gasteiger partial charge in [0.2, 0.25) is 15.9 Å². The molecule has 0 spiro atoms. The molecular formula is C15H18FN3O3S. The first-order chi connectivity index (χ1) is 10.7. The summed E-state index contributed by atoms with van der Waals surface area (Å²) in [6.07, 6.45) is 2.69. The maximum Gasteiger partial charge on any atom is 0.244 e. The minimum Gasteiger partial charge on any atom is -0.338 e. The van der Waals surface area contributed by atoms with Gasteiger partial charge in [-0.3, -0.25) is 0 Å². The summed E-state index contributed by atoms with van der Waals surface area (Å²) < 4.78 is 43.8. The zero-order chi connectivity index (χ0) is 16.8. The molecule has 3 rings (SSSR count). The van der Waals surface area contributed by atoms with Crippen molar-refractivity contribution in [2.75, 3.05) is 6.26 Å². The summed E-state index contributed by atoms with van der Waals surface area (Å²) in [5.74, 6) is 0.377. The normalized spacial score (nSPS) is 17.9. The van der Waals surface area contributed by atoms with Gasteiger partial charge in [0.05, 0.1) is 17.7 Å². The van der Waals surface area contributed by atoms with Crippen LogP contribution >= 0.6 is 0 Å². The van der Waals surface area contributed by atoms with E-state index in [2.05, 4.69) is 14.9 Å². The quantitative estimate of drug-likeness (QED) is 0.903. The fraction of sp³-hybridized carbons (Fsp3) is 0.467. The van der Waals surface area contributed by atoms with Crippen molar-refractivity contribution in [2.45, 2.75) is 38.1 Å². The summed E-state index contributed by atoms with van der Waals surface area (Å²) in [5, 5.41) is 4.01. The highest BCUT2D eigenvalue weighted by Crippen LogP contribution is 2.53. The Morgan fingerprint density at radius 1 is 1.39 bits per heavy atom. The standard InChI is InChI=1S/C15H18FN3O3S/c1-9-4-5-11(16)8-12(9)15(6-7-15)14-17-13(22-18-14)10(2)19-23(3,20)21/h4-5,8,10,19H,6-7H2,1-3H3. The first kappa shape index (κ1) is 16.1. The van der Waals surface area contributed by atoms with Crippen molar-refractivity contribution in [3.63, 3.8) is 0 Å². The molecule has 0 bridgehead atoms. The maximum atomic E-state index is 13.6. The lowest BCUT2D eigenvalue weighted by atomic mass is 9.91. The largest absolute Gasteiger partial charge is 0.338 e. The van der Waals surface area contributed by atoms with Crippen molar-refractivity contribution in [1.82, 2.24) is 14.9 Å². The number of hydrogen-bond acceptors (Lipinski definition) is 5. The molecular weight excluding hydrogens is 321 g/mol. The van der Waals surface area contributed by atoms with E-state index < -0.39 is 21.5 Å². The number of rotatable bonds is 5. The number of aryl methyl sites for hydroxylation is 1. The summed E-state index contributed by atoms with van der Waals surface area (Å²) in [5.41, 5.74) is 1.39. The van der Waals surface area contributed by atoms with E-state index in [1.807, 2.05) is 6.92 Å². The van der Waals surface area contributed by atoms with E-state index in [9.17, 15) is 12.8 Å². The lowest BCUT2D eigenvalue weighted by Gasteiger charge is -2.14. The smallest absolute Gasteiger partial charge is 0.244 e. The van der Waals surface area contributed by atoms with Crippen LogP contribution in [0.25, 0.3) is 0 Å². The van der Waals surface area contributed by atoms with Gasteiger partial charge >= 0.3 is 0 Å². The predicted octanol–water partition coefficient (Wildman–Crippen LogP) is 2.21. The van der Waals surface area contributed by atoms with Gasteiger partial charge in [-0.05, 0) is 49.9 Å². The zero-order valence-electron chi connectivity index (χ0n) is 13.1. The molecule has 2 aromatic rings. The van der Waals surface area contributed by atoms with Gasteiger partial charge in [0, 0.05) is 0 Å². The van der Waals surface area contributed by atoms with Crippen LogP contribution < -0.4 is 4.72 Å². The molecule has 1 aliphatic rings. The number of aromatic nitrogens is 2. The van der Waals surface area contributed by atoms with Crippen LogP contribution in [0.1, 0.15) is 48.6 Å². The van der Waals surface area contributed by atoms with Crippen molar-refractivity contribution >= 4 is 10.0 Å². The average Bonchev–Trinajstić information content (AvgIpc) is 3.08. The second-order valence-electron chi connectivity index (χ2n) is 6.11. The second-order valence-corrected chi connectivity index (χ2v) is 7.89. The Balaban J connectivity index is 1.92. The van der Waals surface area contributed by atoms with E-state index in [1.54, 1.807) is 13.0 Å². The Labute approximate surface area is 134 Å². The zero-order valence-corrected chi connectivity index (χ0v) is 13.9. The molecule has 23 heavy (non-hydrogen) atoms. The van der Waals surface area contributed by atoms with Crippen LogP contribution in [0.5, 0.6) is 0 Å². The predicted molar refractivity (Wildman–Crippen MR) is 81.8 cm³/mol. The molecule has 1 N–H and O–H groups in total. The molecule has 1 saturated carbocycles. The molecule has 1 atom stereocenters. The lowest BCUT2D eigenvalue weighted by molar-refractivity contribution is 0.348. The van der Waals surface area contributed by atoms with Crippen LogP contribution in [0.3, 0.4) is 0 Å². The minimum absolute atomic E-state index is 0.200. The van der Waals surface area contributed by atoms with Gasteiger partial charge < -0.3 is 4.52 Å². The van der Waals surface area contributed by atoms with Gasteiger partial charge in [-0.2, -0.15) is 4.98 Å². The molecule has 0 aliphatic heterocycles. The highest BCUT2D eigenvalue weighted by molar-refractivity contribution is 7.88. The Morgan fingerprint density at radius 2 is 2.09 bits per heavy atom. The maximum absolute atomic E-state index is 13.6. The third-order valence-corrected chi connectivity index (χ3v) is 4.88. The van der Waals surface area contributed by atoms with Crippen molar-refractivity contribution in [1.29, 1.82) is 0 Å². The number of benzene rings is 1. The molecule has 1 aliphatic carbocycles. The van der Waals surface area contributed by atoms with Crippen molar-refractivity contribution in [3.8, 4) is 0 Å². The van der Waals surface area contributed by atoms with Crippen molar-refractivity contribution < 1.29 is 17.3 Å².